The largest absolute Gasteiger partial charge is 0.458 e. The molecule has 22 heteroatoms. The van der Waals surface area contributed by atoms with Crippen molar-refractivity contribution in [1.82, 2.24) is 55.8 Å². The number of ether oxygens (including phenoxy) is 2. The van der Waals surface area contributed by atoms with Crippen LogP contribution in [0.2, 0.25) is 0 Å². The fourth-order valence-electron chi connectivity index (χ4n) is 9.13. The van der Waals surface area contributed by atoms with Gasteiger partial charge in [0.15, 0.2) is 5.60 Å². The number of imide groups is 1. The summed E-state index contributed by atoms with van der Waals surface area (Å²) in [4.78, 5) is 109. The molecule has 73 heavy (non-hydrogen) atoms. The Kier molecular flexibility index (Phi) is 14.0. The SMILES string of the molecule is CC[C@@]1(O)C(=O)OCc2c1cc1n(c2=O)Cc2c-1nc1ccc3ccccc3c1c2Cn1cc(CC(C)OCN(C)C(=O)CNC(=O)[C@H](Cc2ccccc2)NC(=O)CNC(=O)CNN2C(=O)C=CC2=O)nn1. The van der Waals surface area contributed by atoms with Crippen molar-refractivity contribution in [2.75, 3.05) is 33.4 Å². The highest BCUT2D eigenvalue weighted by Gasteiger charge is 2.45. The summed E-state index contributed by atoms with van der Waals surface area (Å²) >= 11 is 0. The molecule has 0 spiro atoms. The summed E-state index contributed by atoms with van der Waals surface area (Å²) in [5, 5.41) is 31.4. The molecule has 3 aliphatic rings. The maximum atomic E-state index is 14.1. The summed E-state index contributed by atoms with van der Waals surface area (Å²) in [6, 6.07) is 21.4. The van der Waals surface area contributed by atoms with Gasteiger partial charge in [0.05, 0.1) is 67.0 Å². The van der Waals surface area contributed by atoms with Crippen molar-refractivity contribution in [2.24, 2.45) is 0 Å². The lowest BCUT2D eigenvalue weighted by molar-refractivity contribution is -0.172. The van der Waals surface area contributed by atoms with E-state index in [1.54, 1.807) is 58.8 Å². The normalized spacial score (nSPS) is 16.4. The Balaban J connectivity index is 0.819. The van der Waals surface area contributed by atoms with Crippen LogP contribution in [-0.2, 0) is 81.2 Å². The number of benzene rings is 3. The van der Waals surface area contributed by atoms with E-state index in [-0.39, 0.29) is 56.0 Å². The van der Waals surface area contributed by atoms with Crippen molar-refractivity contribution in [3.63, 3.8) is 0 Å². The van der Waals surface area contributed by atoms with Crippen LogP contribution in [0.4, 0.5) is 0 Å². The van der Waals surface area contributed by atoms with Gasteiger partial charge in [0.1, 0.15) is 19.4 Å². The summed E-state index contributed by atoms with van der Waals surface area (Å²) < 4.78 is 14.6. The lowest BCUT2D eigenvalue weighted by atomic mass is 9.86. The number of rotatable bonds is 19. The summed E-state index contributed by atoms with van der Waals surface area (Å²) in [6.07, 6.45) is 3.91. The van der Waals surface area contributed by atoms with Crippen molar-refractivity contribution in [1.29, 1.82) is 0 Å². The Hall–Kier alpha value is -8.47. The van der Waals surface area contributed by atoms with Crippen LogP contribution in [0.25, 0.3) is 33.1 Å². The van der Waals surface area contributed by atoms with Gasteiger partial charge in [0, 0.05) is 54.8 Å². The van der Waals surface area contributed by atoms with Gasteiger partial charge in [-0.3, -0.25) is 33.6 Å². The number of fused-ring (bicyclic) bond motifs is 7. The van der Waals surface area contributed by atoms with E-state index in [4.69, 9.17) is 14.5 Å². The molecule has 9 rings (SSSR count). The van der Waals surface area contributed by atoms with Gasteiger partial charge in [-0.05, 0) is 47.4 Å². The molecule has 6 aromatic rings. The Bertz CT molecular complexity index is 3300. The van der Waals surface area contributed by atoms with E-state index in [0.29, 0.717) is 34.0 Å². The second kappa shape index (κ2) is 20.7. The van der Waals surface area contributed by atoms with Crippen LogP contribution in [0.5, 0.6) is 0 Å². The first-order chi connectivity index (χ1) is 35.1. The second-order valence-electron chi connectivity index (χ2n) is 18.0. The van der Waals surface area contributed by atoms with E-state index in [1.807, 2.05) is 43.3 Å². The lowest BCUT2D eigenvalue weighted by Crippen LogP contribution is -2.53. The van der Waals surface area contributed by atoms with Gasteiger partial charge < -0.3 is 40.0 Å². The zero-order valence-electron chi connectivity index (χ0n) is 40.0. The number of aliphatic hydroxyl groups is 1. The number of nitrogens with one attached hydrogen (secondary N) is 4. The number of aromatic nitrogens is 5. The Morgan fingerprint density at radius 1 is 0.904 bits per heavy atom. The van der Waals surface area contributed by atoms with Crippen molar-refractivity contribution in [2.45, 2.75) is 70.6 Å². The van der Waals surface area contributed by atoms with Crippen molar-refractivity contribution in [3.05, 3.63) is 135 Å². The number of carbonyl (C=O) groups excluding carboxylic acids is 7. The standard InChI is InChI=1S/C51H51N11O11/c1-4-51(71)37-20-40-47-35(26-61(40)49(69)36(37)27-72-50(51)70)34(46-33-13-9-8-12-31(33)14-15-38(46)56-47)25-60-24-32(57-58-60)18-29(2)73-28-59(3)45(67)23-53-48(68)39(19-30-10-6-5-7-11-30)55-42(64)21-52-41(63)22-54-62-43(65)16-17-44(62)66/h5-17,20,24,29,39,54,71H,4,18-19,21-23,25-28H2,1-3H3,(H,52,63)(H,53,68)(H,55,64)/t29?,39-,51-/m0/s1. The van der Waals surface area contributed by atoms with Gasteiger partial charge in [-0.1, -0.05) is 72.8 Å². The molecule has 0 fully saturated rings. The van der Waals surface area contributed by atoms with Gasteiger partial charge in [-0.25, -0.2) is 24.9 Å². The molecule has 0 saturated carbocycles. The van der Waals surface area contributed by atoms with Gasteiger partial charge in [0.2, 0.25) is 23.6 Å². The zero-order valence-corrected chi connectivity index (χ0v) is 40.0. The summed E-state index contributed by atoms with van der Waals surface area (Å²) in [5.74, 6) is -4.57. The van der Waals surface area contributed by atoms with Gasteiger partial charge in [-0.2, -0.15) is 0 Å². The zero-order chi connectivity index (χ0) is 51.6. The van der Waals surface area contributed by atoms with E-state index >= 15 is 0 Å². The summed E-state index contributed by atoms with van der Waals surface area (Å²) in [6.45, 7) is 2.19. The molecule has 6 heterocycles. The summed E-state index contributed by atoms with van der Waals surface area (Å²) in [7, 11) is 1.52. The van der Waals surface area contributed by atoms with Gasteiger partial charge >= 0.3 is 5.97 Å². The number of cyclic esters (lactones) is 1. The third kappa shape index (κ3) is 10.2. The van der Waals surface area contributed by atoms with Crippen LogP contribution in [-0.4, -0.2) is 127 Å². The maximum Gasteiger partial charge on any atom is 0.343 e. The first-order valence-electron chi connectivity index (χ1n) is 23.5. The number of hydrogen-bond acceptors (Lipinski definition) is 15. The number of likely N-dealkylation sites (N-methyl/N-ethyl adjacent to an activating group) is 1. The topological polar surface area (TPSA) is 278 Å². The highest BCUT2D eigenvalue weighted by atomic mass is 16.6. The molecule has 0 radical (unpaired) electrons. The fourth-order valence-corrected chi connectivity index (χ4v) is 9.13. The maximum absolute atomic E-state index is 14.1. The van der Waals surface area contributed by atoms with E-state index < -0.39 is 78.8 Å². The first-order valence-corrected chi connectivity index (χ1v) is 23.5. The number of nitrogens with zero attached hydrogens (tertiary/aromatic N) is 7. The average Bonchev–Trinajstić information content (AvgIpc) is 4.10. The van der Waals surface area contributed by atoms with Crippen LogP contribution in [0.1, 0.15) is 53.8 Å². The number of hydrogen-bond donors (Lipinski definition) is 5. The minimum absolute atomic E-state index is 0.0220. The predicted molar refractivity (Wildman–Crippen MR) is 260 cm³/mol. The molecule has 5 N–H and O–H groups in total. The first kappa shape index (κ1) is 49.5. The molecular formula is C51H51N11O11. The molecule has 1 unspecified atom stereocenters. The van der Waals surface area contributed by atoms with Crippen LogP contribution in [0.15, 0.2) is 95.9 Å². The molecule has 6 amide bonds. The monoisotopic (exact) mass is 993 g/mol. The van der Waals surface area contributed by atoms with E-state index in [0.717, 1.165) is 45.0 Å². The molecule has 0 aliphatic carbocycles. The van der Waals surface area contributed by atoms with Gasteiger partial charge in [-0.15, -0.1) is 5.10 Å². The number of esters is 1. The molecule has 3 aliphatic heterocycles. The van der Waals surface area contributed by atoms with Crippen molar-refractivity contribution < 1.29 is 48.1 Å². The molecular weight excluding hydrogens is 943 g/mol. The number of carbonyl (C=O) groups is 7. The number of amides is 6. The fraction of sp³-hybridized carbons (Fsp3) is 0.314. The number of pyridine rings is 2. The van der Waals surface area contributed by atoms with E-state index in [9.17, 15) is 43.5 Å². The molecule has 3 aromatic heterocycles. The molecule has 3 aromatic carbocycles. The minimum atomic E-state index is -1.97. The van der Waals surface area contributed by atoms with E-state index in [1.165, 1.54) is 11.9 Å². The lowest BCUT2D eigenvalue weighted by Gasteiger charge is -2.31. The van der Waals surface area contributed by atoms with Crippen molar-refractivity contribution >= 4 is 63.1 Å². The number of hydrazine groups is 1. The Morgan fingerprint density at radius 2 is 1.66 bits per heavy atom. The van der Waals surface area contributed by atoms with Crippen LogP contribution in [0.3, 0.4) is 0 Å². The van der Waals surface area contributed by atoms with Crippen molar-refractivity contribution in [3.8, 4) is 11.4 Å². The Labute approximate surface area is 416 Å². The van der Waals surface area contributed by atoms with E-state index in [2.05, 4.69) is 31.7 Å². The van der Waals surface area contributed by atoms with Gasteiger partial charge in [0.25, 0.3) is 17.4 Å². The Morgan fingerprint density at radius 3 is 2.42 bits per heavy atom. The highest BCUT2D eigenvalue weighted by molar-refractivity contribution is 6.12. The third-order valence-electron chi connectivity index (χ3n) is 13.1. The molecule has 3 atom stereocenters. The summed E-state index contributed by atoms with van der Waals surface area (Å²) in [5.41, 5.74) is 5.28. The highest BCUT2D eigenvalue weighted by Crippen LogP contribution is 2.41. The predicted octanol–water partition coefficient (Wildman–Crippen LogP) is 0.626. The molecule has 0 bridgehead atoms. The quantitative estimate of drug-likeness (QED) is 0.0322. The average molecular weight is 994 g/mol. The molecule has 376 valence electrons. The second-order valence-corrected chi connectivity index (χ2v) is 18.0. The smallest absolute Gasteiger partial charge is 0.343 e. The van der Waals surface area contributed by atoms with Crippen LogP contribution >= 0.6 is 0 Å². The molecule has 0 saturated heterocycles. The minimum Gasteiger partial charge on any atom is -0.458 e. The van der Waals surface area contributed by atoms with Crippen LogP contribution in [0, 0.1) is 0 Å². The third-order valence-corrected chi connectivity index (χ3v) is 13.1. The van der Waals surface area contributed by atoms with Crippen LogP contribution < -0.4 is 26.9 Å². The molecule has 22 nitrogen and oxygen atoms in total.